The molecule has 0 fully saturated rings. The van der Waals surface area contributed by atoms with Gasteiger partial charge in [0, 0.05) is 19.1 Å². The van der Waals surface area contributed by atoms with Crippen molar-refractivity contribution in [1.82, 2.24) is 4.90 Å². The van der Waals surface area contributed by atoms with Gasteiger partial charge in [0.25, 0.3) is 0 Å². The third kappa shape index (κ3) is 7.29. The van der Waals surface area contributed by atoms with E-state index in [4.69, 9.17) is 9.47 Å². The van der Waals surface area contributed by atoms with Gasteiger partial charge in [-0.15, -0.1) is 0 Å². The molecular weight excluding hydrogens is 414 g/mol. The van der Waals surface area contributed by atoms with Crippen LogP contribution in [0.3, 0.4) is 0 Å². The minimum absolute atomic E-state index is 0.101. The number of ether oxygens (including phenoxy) is 2. The topological polar surface area (TPSA) is 55.8 Å². The Morgan fingerprint density at radius 1 is 0.667 bits per heavy atom. The smallest absolute Gasteiger partial charge is 0.320 e. The summed E-state index contributed by atoms with van der Waals surface area (Å²) in [6.07, 6.45) is 0.985. The summed E-state index contributed by atoms with van der Waals surface area (Å²) in [5, 5.41) is 0. The molecule has 5 heteroatoms. The number of rotatable bonds is 11. The Hall–Kier alpha value is -3.44. The Morgan fingerprint density at radius 2 is 1.06 bits per heavy atom. The van der Waals surface area contributed by atoms with Crippen LogP contribution in [0.5, 0.6) is 0 Å². The second-order valence-corrected chi connectivity index (χ2v) is 8.05. The van der Waals surface area contributed by atoms with Crippen LogP contribution in [0.1, 0.15) is 23.1 Å². The van der Waals surface area contributed by atoms with Crippen molar-refractivity contribution in [3.8, 4) is 0 Å². The first-order valence-corrected chi connectivity index (χ1v) is 11.1. The normalized spacial score (nSPS) is 11.9. The summed E-state index contributed by atoms with van der Waals surface area (Å²) in [7, 11) is 2.60. The summed E-state index contributed by atoms with van der Waals surface area (Å²) < 4.78 is 9.89. The monoisotopic (exact) mass is 445 g/mol. The predicted molar refractivity (Wildman–Crippen MR) is 128 cm³/mol. The van der Waals surface area contributed by atoms with Crippen molar-refractivity contribution in [1.29, 1.82) is 0 Å². The van der Waals surface area contributed by atoms with E-state index in [0.29, 0.717) is 25.9 Å². The Bertz CT molecular complexity index is 935. The molecule has 0 aliphatic carbocycles. The maximum Gasteiger partial charge on any atom is 0.320 e. The van der Waals surface area contributed by atoms with E-state index < -0.39 is 17.9 Å². The fourth-order valence-electron chi connectivity index (χ4n) is 4.04. The van der Waals surface area contributed by atoms with Crippen LogP contribution >= 0.6 is 0 Å². The van der Waals surface area contributed by atoms with E-state index >= 15 is 0 Å². The molecule has 0 heterocycles. The lowest BCUT2D eigenvalue weighted by atomic mass is 9.92. The van der Waals surface area contributed by atoms with E-state index in [1.54, 1.807) is 0 Å². The zero-order valence-electron chi connectivity index (χ0n) is 19.2. The second kappa shape index (κ2) is 12.6. The quantitative estimate of drug-likeness (QED) is 0.318. The number of hydrogen-bond acceptors (Lipinski definition) is 5. The summed E-state index contributed by atoms with van der Waals surface area (Å²) in [5.74, 6) is -2.12. The molecular formula is C28H31NO4. The third-order valence-corrected chi connectivity index (χ3v) is 5.77. The lowest BCUT2D eigenvalue weighted by Gasteiger charge is -2.33. The van der Waals surface area contributed by atoms with Crippen molar-refractivity contribution in [2.75, 3.05) is 14.2 Å². The summed E-state index contributed by atoms with van der Waals surface area (Å²) in [4.78, 5) is 27.3. The van der Waals surface area contributed by atoms with E-state index in [2.05, 4.69) is 41.3 Å². The standard InChI is InChI=1S/C28H31NO4/c1-32-27(30)26(28(31)33-2)19-25(18-22-12-6-3-7-13-22)29(20-23-14-8-4-9-15-23)21-24-16-10-5-11-17-24/h3-17,25-26H,18-21H2,1-2H3/t25-/m0/s1. The second-order valence-electron chi connectivity index (χ2n) is 8.05. The fourth-order valence-corrected chi connectivity index (χ4v) is 4.04. The molecule has 172 valence electrons. The Labute approximate surface area is 196 Å². The van der Waals surface area contributed by atoms with Crippen LogP contribution in [-0.4, -0.2) is 37.1 Å². The van der Waals surface area contributed by atoms with Gasteiger partial charge >= 0.3 is 11.9 Å². The lowest BCUT2D eigenvalue weighted by molar-refractivity contribution is -0.159. The average molecular weight is 446 g/mol. The number of methoxy groups -OCH3 is 2. The first-order chi connectivity index (χ1) is 16.1. The highest BCUT2D eigenvalue weighted by Gasteiger charge is 2.34. The van der Waals surface area contributed by atoms with Gasteiger partial charge in [-0.2, -0.15) is 0 Å². The molecule has 3 aromatic rings. The van der Waals surface area contributed by atoms with Crippen LogP contribution in [0.25, 0.3) is 0 Å². The van der Waals surface area contributed by atoms with E-state index in [0.717, 1.165) is 5.56 Å². The van der Waals surface area contributed by atoms with Gasteiger partial charge in [-0.25, -0.2) is 0 Å². The first-order valence-electron chi connectivity index (χ1n) is 11.1. The van der Waals surface area contributed by atoms with Gasteiger partial charge in [0.1, 0.15) is 0 Å². The molecule has 0 aliphatic rings. The summed E-state index contributed by atoms with van der Waals surface area (Å²) in [6, 6.07) is 30.5. The highest BCUT2D eigenvalue weighted by atomic mass is 16.5. The zero-order valence-corrected chi connectivity index (χ0v) is 19.2. The molecule has 0 N–H and O–H groups in total. The van der Waals surface area contributed by atoms with Crippen molar-refractivity contribution < 1.29 is 19.1 Å². The van der Waals surface area contributed by atoms with Gasteiger partial charge < -0.3 is 9.47 Å². The summed E-state index contributed by atoms with van der Waals surface area (Å²) in [5.41, 5.74) is 3.47. The Balaban J connectivity index is 1.96. The predicted octanol–water partition coefficient (Wildman–Crippen LogP) is 4.65. The molecule has 0 aromatic heterocycles. The zero-order chi connectivity index (χ0) is 23.5. The maximum atomic E-state index is 12.5. The Kier molecular flexibility index (Phi) is 9.21. The molecule has 0 saturated carbocycles. The third-order valence-electron chi connectivity index (χ3n) is 5.77. The van der Waals surface area contributed by atoms with Crippen LogP contribution in [0.2, 0.25) is 0 Å². The SMILES string of the molecule is COC(=O)C(C[C@H](Cc1ccccc1)N(Cc1ccccc1)Cc1ccccc1)C(=O)OC. The number of carbonyl (C=O) groups is 2. The molecule has 0 radical (unpaired) electrons. The minimum atomic E-state index is -0.984. The minimum Gasteiger partial charge on any atom is -0.468 e. The number of benzene rings is 3. The van der Waals surface area contributed by atoms with Gasteiger partial charge in [-0.3, -0.25) is 14.5 Å². The molecule has 0 saturated heterocycles. The largest absolute Gasteiger partial charge is 0.468 e. The molecule has 1 atom stereocenters. The number of carbonyl (C=O) groups excluding carboxylic acids is 2. The van der Waals surface area contributed by atoms with E-state index in [1.807, 2.05) is 54.6 Å². The van der Waals surface area contributed by atoms with E-state index in [1.165, 1.54) is 25.3 Å². The molecule has 33 heavy (non-hydrogen) atoms. The molecule has 0 spiro atoms. The summed E-state index contributed by atoms with van der Waals surface area (Å²) in [6.45, 7) is 1.37. The molecule has 3 rings (SSSR count). The number of esters is 2. The van der Waals surface area contributed by atoms with Crippen molar-refractivity contribution in [3.05, 3.63) is 108 Å². The van der Waals surface area contributed by atoms with E-state index in [-0.39, 0.29) is 6.04 Å². The van der Waals surface area contributed by atoms with Crippen molar-refractivity contribution in [3.63, 3.8) is 0 Å². The molecule has 0 bridgehead atoms. The summed E-state index contributed by atoms with van der Waals surface area (Å²) >= 11 is 0. The van der Waals surface area contributed by atoms with Crippen molar-refractivity contribution in [2.24, 2.45) is 5.92 Å². The van der Waals surface area contributed by atoms with Gasteiger partial charge in [-0.05, 0) is 29.5 Å². The van der Waals surface area contributed by atoms with Crippen LogP contribution in [0, 0.1) is 5.92 Å². The number of nitrogens with zero attached hydrogens (tertiary/aromatic N) is 1. The van der Waals surface area contributed by atoms with Gasteiger partial charge in [0.2, 0.25) is 0 Å². The van der Waals surface area contributed by atoms with Crippen LogP contribution in [-0.2, 0) is 38.6 Å². The highest BCUT2D eigenvalue weighted by molar-refractivity contribution is 5.94. The van der Waals surface area contributed by atoms with Crippen LogP contribution < -0.4 is 0 Å². The fraction of sp³-hybridized carbons (Fsp3) is 0.286. The molecule has 3 aromatic carbocycles. The van der Waals surface area contributed by atoms with Crippen molar-refractivity contribution >= 4 is 11.9 Å². The molecule has 5 nitrogen and oxygen atoms in total. The average Bonchev–Trinajstić information content (AvgIpc) is 2.87. The lowest BCUT2D eigenvalue weighted by Crippen LogP contribution is -2.41. The molecule has 0 aliphatic heterocycles. The van der Waals surface area contributed by atoms with E-state index in [9.17, 15) is 9.59 Å². The Morgan fingerprint density at radius 3 is 1.45 bits per heavy atom. The van der Waals surface area contributed by atoms with Crippen LogP contribution in [0.4, 0.5) is 0 Å². The molecule has 0 unspecified atom stereocenters. The van der Waals surface area contributed by atoms with Gasteiger partial charge in [-0.1, -0.05) is 91.0 Å². The van der Waals surface area contributed by atoms with Gasteiger partial charge in [0.05, 0.1) is 14.2 Å². The maximum absolute atomic E-state index is 12.5. The first kappa shape index (κ1) is 24.2. The number of hydrogen-bond donors (Lipinski definition) is 0. The van der Waals surface area contributed by atoms with Gasteiger partial charge in [0.15, 0.2) is 5.92 Å². The van der Waals surface area contributed by atoms with Crippen molar-refractivity contribution in [2.45, 2.75) is 32.0 Å². The van der Waals surface area contributed by atoms with Crippen LogP contribution in [0.15, 0.2) is 91.0 Å². The molecule has 0 amide bonds. The highest BCUT2D eigenvalue weighted by Crippen LogP contribution is 2.23.